The van der Waals surface area contributed by atoms with Crippen LogP contribution in [0.2, 0.25) is 0 Å². The maximum Gasteiger partial charge on any atom is 0.324 e. The average molecular weight is 308 g/mol. The van der Waals surface area contributed by atoms with Gasteiger partial charge in [0.15, 0.2) is 0 Å². The molecule has 20 heavy (non-hydrogen) atoms. The number of ether oxygens (including phenoxy) is 1. The molecule has 0 radical (unpaired) electrons. The van der Waals surface area contributed by atoms with E-state index in [1.165, 1.54) is 8.61 Å². The molecule has 0 spiro atoms. The van der Waals surface area contributed by atoms with E-state index in [2.05, 4.69) is 0 Å². The molecule has 0 aromatic rings. The molecular formula is C12H24N2O5S. The van der Waals surface area contributed by atoms with Gasteiger partial charge in [0.1, 0.15) is 6.04 Å². The van der Waals surface area contributed by atoms with Gasteiger partial charge in [0, 0.05) is 26.2 Å². The Morgan fingerprint density at radius 3 is 2.70 bits per heavy atom. The molecule has 0 aromatic carbocycles. The summed E-state index contributed by atoms with van der Waals surface area (Å²) in [6, 6.07) is -0.719. The van der Waals surface area contributed by atoms with Gasteiger partial charge < -0.3 is 9.84 Å². The average Bonchev–Trinajstić information content (AvgIpc) is 2.89. The smallest absolute Gasteiger partial charge is 0.324 e. The van der Waals surface area contributed by atoms with Gasteiger partial charge in [-0.1, -0.05) is 6.92 Å². The first-order valence-electron chi connectivity index (χ1n) is 7.03. The number of nitrogens with zero attached hydrogens (tertiary/aromatic N) is 2. The Bertz CT molecular complexity index is 412. The fraction of sp³-hybridized carbons (Fsp3) is 0.917. The first-order chi connectivity index (χ1) is 9.48. The number of hydrogen-bond acceptors (Lipinski definition) is 5. The van der Waals surface area contributed by atoms with Gasteiger partial charge in [-0.05, 0) is 26.2 Å². The van der Waals surface area contributed by atoms with Crippen molar-refractivity contribution in [1.82, 2.24) is 8.61 Å². The van der Waals surface area contributed by atoms with Crippen LogP contribution in [0.15, 0.2) is 0 Å². The van der Waals surface area contributed by atoms with E-state index < -0.39 is 22.2 Å². The molecule has 1 heterocycles. The summed E-state index contributed by atoms with van der Waals surface area (Å²) in [6.07, 6.45) is 1.53. The Morgan fingerprint density at radius 1 is 1.45 bits per heavy atom. The second-order valence-electron chi connectivity index (χ2n) is 4.60. The maximum atomic E-state index is 12.6. The van der Waals surface area contributed by atoms with E-state index in [1.807, 2.05) is 0 Å². The zero-order valence-electron chi connectivity index (χ0n) is 12.1. The van der Waals surface area contributed by atoms with Gasteiger partial charge >= 0.3 is 5.97 Å². The molecule has 0 amide bonds. The molecule has 0 aromatic heterocycles. The Balaban J connectivity index is 2.85. The molecule has 1 unspecified atom stereocenters. The van der Waals surface area contributed by atoms with Crippen molar-refractivity contribution in [3.63, 3.8) is 0 Å². The van der Waals surface area contributed by atoms with Crippen LogP contribution in [0.4, 0.5) is 0 Å². The minimum Gasteiger partial charge on any atom is -0.465 e. The Kier molecular flexibility index (Phi) is 6.87. The zero-order valence-corrected chi connectivity index (χ0v) is 12.9. The molecule has 1 fully saturated rings. The second-order valence-corrected chi connectivity index (χ2v) is 6.48. The molecule has 1 atom stereocenters. The van der Waals surface area contributed by atoms with E-state index >= 15 is 0 Å². The number of esters is 1. The third-order valence-electron chi connectivity index (χ3n) is 3.30. The lowest BCUT2D eigenvalue weighted by molar-refractivity contribution is -0.146. The number of aliphatic hydroxyl groups excluding tert-OH is 1. The highest BCUT2D eigenvalue weighted by Crippen LogP contribution is 2.24. The molecular weight excluding hydrogens is 284 g/mol. The molecule has 1 rings (SSSR count). The second kappa shape index (κ2) is 7.92. The van der Waals surface area contributed by atoms with Crippen LogP contribution in [0, 0.1) is 0 Å². The van der Waals surface area contributed by atoms with E-state index in [9.17, 15) is 13.2 Å². The molecule has 1 aliphatic rings. The number of hydrogen-bond donors (Lipinski definition) is 1. The predicted octanol–water partition coefficient (Wildman–Crippen LogP) is -0.0370. The molecule has 1 N–H and O–H groups in total. The lowest BCUT2D eigenvalue weighted by Crippen LogP contribution is -2.49. The summed E-state index contributed by atoms with van der Waals surface area (Å²) < 4.78 is 32.6. The lowest BCUT2D eigenvalue weighted by Gasteiger charge is -2.29. The molecule has 118 valence electrons. The van der Waals surface area contributed by atoms with Crippen molar-refractivity contribution >= 4 is 16.2 Å². The van der Waals surface area contributed by atoms with E-state index in [0.29, 0.717) is 32.4 Å². The van der Waals surface area contributed by atoms with Gasteiger partial charge in [0.2, 0.25) is 0 Å². The van der Waals surface area contributed by atoms with Crippen LogP contribution in [-0.2, 0) is 19.7 Å². The fourth-order valence-corrected chi connectivity index (χ4v) is 4.18. The minimum atomic E-state index is -3.68. The van der Waals surface area contributed by atoms with Gasteiger partial charge in [-0.3, -0.25) is 4.79 Å². The molecule has 1 saturated heterocycles. The highest BCUT2D eigenvalue weighted by atomic mass is 32.2. The maximum absolute atomic E-state index is 12.6. The van der Waals surface area contributed by atoms with E-state index in [1.54, 1.807) is 13.8 Å². The van der Waals surface area contributed by atoms with Crippen LogP contribution >= 0.6 is 0 Å². The highest BCUT2D eigenvalue weighted by Gasteiger charge is 2.41. The van der Waals surface area contributed by atoms with Crippen LogP contribution in [0.3, 0.4) is 0 Å². The molecule has 1 aliphatic heterocycles. The standard InChI is InChI=1S/C12H24N2O5S/c1-3-13(8-6-10-15)20(17,18)14-9-5-7-11(14)12(16)19-4-2/h11,15H,3-10H2,1-2H3. The van der Waals surface area contributed by atoms with Crippen molar-refractivity contribution in [3.05, 3.63) is 0 Å². The van der Waals surface area contributed by atoms with Gasteiger partial charge in [0.05, 0.1) is 6.61 Å². The summed E-state index contributed by atoms with van der Waals surface area (Å²) in [5.41, 5.74) is 0. The van der Waals surface area contributed by atoms with Gasteiger partial charge in [0.25, 0.3) is 10.2 Å². The molecule has 0 saturated carbocycles. The predicted molar refractivity (Wildman–Crippen MR) is 74.2 cm³/mol. The largest absolute Gasteiger partial charge is 0.465 e. The van der Waals surface area contributed by atoms with Crippen molar-refractivity contribution in [1.29, 1.82) is 0 Å². The molecule has 8 heteroatoms. The normalized spacial score (nSPS) is 20.5. The quantitative estimate of drug-likeness (QED) is 0.636. The van der Waals surface area contributed by atoms with Crippen molar-refractivity contribution in [2.45, 2.75) is 39.2 Å². The zero-order chi connectivity index (χ0) is 15.2. The first kappa shape index (κ1) is 17.4. The number of carbonyl (C=O) groups is 1. The van der Waals surface area contributed by atoms with E-state index in [0.717, 1.165) is 0 Å². The van der Waals surface area contributed by atoms with Crippen molar-refractivity contribution in [3.8, 4) is 0 Å². The molecule has 0 aliphatic carbocycles. The summed E-state index contributed by atoms with van der Waals surface area (Å²) >= 11 is 0. The first-order valence-corrected chi connectivity index (χ1v) is 8.43. The topological polar surface area (TPSA) is 87.2 Å². The summed E-state index contributed by atoms with van der Waals surface area (Å²) in [5.74, 6) is -0.480. The van der Waals surface area contributed by atoms with Crippen molar-refractivity contribution in [2.75, 3.05) is 32.8 Å². The van der Waals surface area contributed by atoms with Crippen LogP contribution in [0.1, 0.15) is 33.1 Å². The number of aliphatic hydroxyl groups is 1. The van der Waals surface area contributed by atoms with Crippen LogP contribution < -0.4 is 0 Å². The molecule has 7 nitrogen and oxygen atoms in total. The van der Waals surface area contributed by atoms with Crippen LogP contribution in [0.5, 0.6) is 0 Å². The Morgan fingerprint density at radius 2 is 2.15 bits per heavy atom. The molecule has 0 bridgehead atoms. The van der Waals surface area contributed by atoms with Crippen LogP contribution in [-0.4, -0.2) is 67.0 Å². The SMILES string of the molecule is CCOC(=O)C1CCCN1S(=O)(=O)N(CC)CCCO. The highest BCUT2D eigenvalue weighted by molar-refractivity contribution is 7.86. The minimum absolute atomic E-state index is 0.0622. The van der Waals surface area contributed by atoms with Crippen molar-refractivity contribution < 1.29 is 23.1 Å². The Labute approximate surface area is 120 Å². The van der Waals surface area contributed by atoms with E-state index in [4.69, 9.17) is 9.84 Å². The summed E-state index contributed by atoms with van der Waals surface area (Å²) in [6.45, 7) is 4.52. The summed E-state index contributed by atoms with van der Waals surface area (Å²) in [5, 5.41) is 8.84. The van der Waals surface area contributed by atoms with Crippen LogP contribution in [0.25, 0.3) is 0 Å². The lowest BCUT2D eigenvalue weighted by atomic mass is 10.2. The van der Waals surface area contributed by atoms with Gasteiger partial charge in [-0.25, -0.2) is 0 Å². The fourth-order valence-electron chi connectivity index (χ4n) is 2.32. The number of carbonyl (C=O) groups excluding carboxylic acids is 1. The van der Waals surface area contributed by atoms with Crippen molar-refractivity contribution in [2.24, 2.45) is 0 Å². The third-order valence-corrected chi connectivity index (χ3v) is 5.43. The summed E-state index contributed by atoms with van der Waals surface area (Å²) in [4.78, 5) is 11.8. The number of rotatable bonds is 8. The summed E-state index contributed by atoms with van der Waals surface area (Å²) in [7, 11) is -3.68. The monoisotopic (exact) mass is 308 g/mol. The van der Waals surface area contributed by atoms with Gasteiger partial charge in [-0.15, -0.1) is 0 Å². The third kappa shape index (κ3) is 3.91. The Hall–Kier alpha value is -0.700. The van der Waals surface area contributed by atoms with E-state index in [-0.39, 0.29) is 19.8 Å². The van der Waals surface area contributed by atoms with Gasteiger partial charge in [-0.2, -0.15) is 17.0 Å².